The van der Waals surface area contributed by atoms with Crippen molar-refractivity contribution in [3.8, 4) is 0 Å². The minimum atomic E-state index is -5.14. The third-order valence-corrected chi connectivity index (χ3v) is 11.0. The number of carboxylic acid groups (broad SMARTS) is 2. The van der Waals surface area contributed by atoms with E-state index in [1.165, 1.54) is 116 Å². The van der Waals surface area contributed by atoms with Crippen LogP contribution < -0.4 is 0 Å². The second-order valence-electron chi connectivity index (χ2n) is 13.3. The van der Waals surface area contributed by atoms with Crippen LogP contribution >= 0.6 is 0 Å². The summed E-state index contributed by atoms with van der Waals surface area (Å²) in [6.45, 7) is 4.46. The van der Waals surface area contributed by atoms with Gasteiger partial charge in [0.1, 0.15) is 0 Å². The second-order valence-corrected chi connectivity index (χ2v) is 15.0. The van der Waals surface area contributed by atoms with Gasteiger partial charge in [-0.2, -0.15) is 8.42 Å². The number of rotatable bonds is 34. The van der Waals surface area contributed by atoms with Crippen LogP contribution in [0.4, 0.5) is 0 Å². The first-order valence-corrected chi connectivity index (χ1v) is 20.0. The Morgan fingerprint density at radius 3 is 1.02 bits per heavy atom. The monoisotopic (exact) mass is 670 g/mol. The van der Waals surface area contributed by atoms with E-state index in [1.807, 2.05) is 0 Å². The van der Waals surface area contributed by atoms with Gasteiger partial charge in [-0.15, -0.1) is 0 Å². The number of aliphatic carboxylic acids is 2. The van der Waals surface area contributed by atoms with E-state index in [9.17, 15) is 32.8 Å². The number of unbranched alkanes of at least 4 members (excludes halogenated alkanes) is 26. The molecule has 7 nitrogen and oxygen atoms in total. The van der Waals surface area contributed by atoms with Crippen molar-refractivity contribution in [3.63, 3.8) is 0 Å². The zero-order chi connectivity index (χ0) is 32.9. The zero-order valence-electron chi connectivity index (χ0n) is 28.7. The minimum absolute atomic E-state index is 0. The van der Waals surface area contributed by atoms with Gasteiger partial charge < -0.3 is 10.2 Å². The average Bonchev–Trinajstić information content (AvgIpc) is 2.97. The molecule has 0 rings (SSSR count). The van der Waals surface area contributed by atoms with Crippen molar-refractivity contribution in [3.05, 3.63) is 0 Å². The zero-order valence-corrected chi connectivity index (χ0v) is 29.5. The summed E-state index contributed by atoms with van der Waals surface area (Å²) in [4.78, 5) is 24.5. The van der Waals surface area contributed by atoms with E-state index in [-0.39, 0.29) is 48.8 Å². The van der Waals surface area contributed by atoms with Crippen LogP contribution in [0.1, 0.15) is 206 Å². The van der Waals surface area contributed by atoms with Gasteiger partial charge >= 0.3 is 41.5 Å². The molecular formula is C36H71NaO7S. The van der Waals surface area contributed by atoms with Crippen LogP contribution in [0.3, 0.4) is 0 Å². The summed E-state index contributed by atoms with van der Waals surface area (Å²) in [6, 6.07) is 0. The molecule has 9 heteroatoms. The van der Waals surface area contributed by atoms with Crippen LogP contribution in [0.15, 0.2) is 0 Å². The van der Waals surface area contributed by atoms with Crippen molar-refractivity contribution in [1.82, 2.24) is 0 Å². The van der Waals surface area contributed by atoms with E-state index in [0.29, 0.717) is 12.8 Å². The van der Waals surface area contributed by atoms with Crippen molar-refractivity contribution in [2.75, 3.05) is 0 Å². The van der Waals surface area contributed by atoms with Crippen LogP contribution in [-0.4, -0.2) is 69.4 Å². The quantitative estimate of drug-likeness (QED) is 0.0353. The van der Waals surface area contributed by atoms with E-state index in [4.69, 9.17) is 0 Å². The maximum absolute atomic E-state index is 12.5. The van der Waals surface area contributed by atoms with Gasteiger partial charge in [-0.1, -0.05) is 194 Å². The molecule has 0 bridgehead atoms. The molecule has 0 aromatic heterocycles. The molecule has 45 heavy (non-hydrogen) atoms. The van der Waals surface area contributed by atoms with E-state index in [1.54, 1.807) is 0 Å². The predicted octanol–water partition coefficient (Wildman–Crippen LogP) is 10.5. The molecule has 0 amide bonds. The number of hydrogen-bond donors (Lipinski definition) is 3. The molecule has 2 unspecified atom stereocenters. The fourth-order valence-corrected chi connectivity index (χ4v) is 7.73. The van der Waals surface area contributed by atoms with Gasteiger partial charge in [-0.3, -0.25) is 14.1 Å². The van der Waals surface area contributed by atoms with Gasteiger partial charge in [0.2, 0.25) is 4.75 Å². The molecule has 0 aliphatic rings. The summed E-state index contributed by atoms with van der Waals surface area (Å²) in [7, 11) is -5.14. The first-order valence-electron chi connectivity index (χ1n) is 18.6. The molecular weight excluding hydrogens is 599 g/mol. The Bertz CT molecular complexity index is 805. The summed E-state index contributed by atoms with van der Waals surface area (Å²) in [5.41, 5.74) is 0. The van der Waals surface area contributed by atoms with Crippen molar-refractivity contribution >= 4 is 51.6 Å². The van der Waals surface area contributed by atoms with Crippen molar-refractivity contribution in [1.29, 1.82) is 0 Å². The van der Waals surface area contributed by atoms with E-state index in [2.05, 4.69) is 13.8 Å². The second kappa shape index (κ2) is 31.1. The Kier molecular flexibility index (Phi) is 32.5. The third-order valence-electron chi connectivity index (χ3n) is 9.43. The van der Waals surface area contributed by atoms with Crippen LogP contribution in [0, 0.1) is 5.92 Å². The Hall–Kier alpha value is -0.150. The summed E-state index contributed by atoms with van der Waals surface area (Å²) in [6.07, 6.45) is 30.7. The third kappa shape index (κ3) is 22.9. The molecule has 3 N–H and O–H groups in total. The molecule has 0 radical (unpaired) electrons. The molecule has 0 fully saturated rings. The number of carboxylic acids is 2. The molecule has 0 spiro atoms. The molecule has 0 heterocycles. The molecule has 0 aliphatic carbocycles. The normalized spacial score (nSPS) is 13.7. The first-order chi connectivity index (χ1) is 21.1. The first kappa shape index (κ1) is 47.0. The predicted molar refractivity (Wildman–Crippen MR) is 190 cm³/mol. The molecule has 264 valence electrons. The van der Waals surface area contributed by atoms with Crippen LogP contribution in [0.2, 0.25) is 0 Å². The van der Waals surface area contributed by atoms with E-state index < -0.39 is 32.7 Å². The van der Waals surface area contributed by atoms with E-state index in [0.717, 1.165) is 44.9 Å². The van der Waals surface area contributed by atoms with Crippen LogP contribution in [-0.2, 0) is 19.7 Å². The SMILES string of the molecule is CCCCCCCCCCCCCCCCC(C(=O)O)C(CCCCCCCCCCCCCCCC)(C(=O)O)S(=O)(=O)O.[NaH]. The summed E-state index contributed by atoms with van der Waals surface area (Å²) < 4.78 is 32.3. The van der Waals surface area contributed by atoms with Crippen molar-refractivity contribution in [2.24, 2.45) is 5.92 Å². The summed E-state index contributed by atoms with van der Waals surface area (Å²) in [5, 5.41) is 19.9. The van der Waals surface area contributed by atoms with E-state index >= 15 is 0 Å². The van der Waals surface area contributed by atoms with Crippen molar-refractivity contribution in [2.45, 2.75) is 211 Å². The maximum atomic E-state index is 12.5. The topological polar surface area (TPSA) is 129 Å². The average molecular weight is 671 g/mol. The fraction of sp³-hybridized carbons (Fsp3) is 0.944. The molecule has 0 aliphatic heterocycles. The van der Waals surface area contributed by atoms with Gasteiger partial charge in [-0.05, 0) is 12.8 Å². The summed E-state index contributed by atoms with van der Waals surface area (Å²) >= 11 is 0. The Labute approximate surface area is 299 Å². The van der Waals surface area contributed by atoms with Gasteiger partial charge in [-0.25, -0.2) is 0 Å². The number of carbonyl (C=O) groups is 2. The molecule has 2 atom stereocenters. The summed E-state index contributed by atoms with van der Waals surface area (Å²) in [5.74, 6) is -4.90. The fourth-order valence-electron chi connectivity index (χ4n) is 6.53. The van der Waals surface area contributed by atoms with Crippen molar-refractivity contribution < 1.29 is 32.8 Å². The molecule has 0 aromatic rings. The number of hydrogen-bond acceptors (Lipinski definition) is 4. The molecule has 0 saturated carbocycles. The molecule has 0 saturated heterocycles. The van der Waals surface area contributed by atoms with Gasteiger partial charge in [0.25, 0.3) is 10.1 Å². The van der Waals surface area contributed by atoms with Gasteiger partial charge in [0.05, 0.1) is 5.92 Å². The Balaban J connectivity index is 0. The Morgan fingerprint density at radius 1 is 0.511 bits per heavy atom. The van der Waals surface area contributed by atoms with Crippen LogP contribution in [0.5, 0.6) is 0 Å². The standard InChI is InChI=1S/C36H70O7S.Na.H/c1-3-5-7-9-11-13-15-17-19-21-23-25-27-29-31-33(34(37)38)36(35(39)40,44(41,42)43)32-30-28-26-24-22-20-18-16-14-12-10-8-6-4-2;;/h33H,3-32H2,1-2H3,(H,37,38)(H,39,40)(H,41,42,43);;. The Morgan fingerprint density at radius 2 is 0.778 bits per heavy atom. The van der Waals surface area contributed by atoms with Gasteiger partial charge in [0, 0.05) is 0 Å². The molecule has 0 aromatic carbocycles. The van der Waals surface area contributed by atoms with Gasteiger partial charge in [0.15, 0.2) is 0 Å². The van der Waals surface area contributed by atoms with Crippen LogP contribution in [0.25, 0.3) is 0 Å².